The van der Waals surface area contributed by atoms with Crippen molar-refractivity contribution in [1.82, 2.24) is 0 Å². The minimum Gasteiger partial charge on any atom is -0.363 e. The molecule has 1 aromatic carbocycles. The molecule has 130 valence electrons. The number of benzene rings is 1. The molecule has 1 saturated carbocycles. The van der Waals surface area contributed by atoms with E-state index in [9.17, 15) is 13.6 Å². The molecule has 0 saturated heterocycles. The number of carbonyl (C=O) groups excluding carboxylic acids is 1. The van der Waals surface area contributed by atoms with Crippen molar-refractivity contribution in [1.29, 1.82) is 0 Å². The molecule has 0 bridgehead atoms. The second-order valence-electron chi connectivity index (χ2n) is 6.13. The predicted molar refractivity (Wildman–Crippen MR) is 90.9 cm³/mol. The summed E-state index contributed by atoms with van der Waals surface area (Å²) in [5, 5.41) is 0. The first-order valence-corrected chi connectivity index (χ1v) is 8.42. The fourth-order valence-electron chi connectivity index (χ4n) is 2.69. The minimum atomic E-state index is -3.08. The van der Waals surface area contributed by atoms with Gasteiger partial charge in [-0.2, -0.15) is 8.78 Å². The van der Waals surface area contributed by atoms with Crippen LogP contribution in [0.5, 0.6) is 0 Å². The summed E-state index contributed by atoms with van der Waals surface area (Å²) in [5.74, 6) is -2.83. The van der Waals surface area contributed by atoms with Crippen LogP contribution in [-0.2, 0) is 16.1 Å². The molecular formula is C20H24F2O2. The lowest BCUT2D eigenvalue weighted by atomic mass is 10.0. The van der Waals surface area contributed by atoms with Gasteiger partial charge in [0, 0.05) is 12.8 Å². The van der Waals surface area contributed by atoms with Crippen molar-refractivity contribution in [3.8, 4) is 0 Å². The smallest absolute Gasteiger partial charge is 0.295 e. The molecule has 24 heavy (non-hydrogen) atoms. The molecule has 2 unspecified atom stereocenters. The number of rotatable bonds is 8. The first-order chi connectivity index (χ1) is 11.5. The summed E-state index contributed by atoms with van der Waals surface area (Å²) in [6.45, 7) is 1.93. The molecule has 1 fully saturated rings. The Morgan fingerprint density at radius 3 is 2.71 bits per heavy atom. The zero-order valence-corrected chi connectivity index (χ0v) is 14.0. The molecule has 0 spiro atoms. The lowest BCUT2D eigenvalue weighted by Crippen LogP contribution is -2.32. The van der Waals surface area contributed by atoms with Crippen LogP contribution in [0.4, 0.5) is 8.78 Å². The Morgan fingerprint density at radius 2 is 2.08 bits per heavy atom. The number of carbonyl (C=O) groups is 1. The van der Waals surface area contributed by atoms with E-state index in [1.54, 1.807) is 6.08 Å². The monoisotopic (exact) mass is 334 g/mol. The standard InChI is InChI=1S/C20H24F2O2/c1-2-3-13-20(21,22)19(12-10-16-9-11-18(23)14-16)24-15-17-7-5-4-6-8-17/h3-8,10,12-13,16,19H,2,9,11,14-15H2,1H3/b12-10+,13-3+. The van der Waals surface area contributed by atoms with E-state index < -0.39 is 12.0 Å². The number of alkyl halides is 2. The van der Waals surface area contributed by atoms with Gasteiger partial charge in [-0.1, -0.05) is 55.5 Å². The summed E-state index contributed by atoms with van der Waals surface area (Å²) in [6, 6.07) is 9.26. The molecular weight excluding hydrogens is 310 g/mol. The Bertz CT molecular complexity index is 579. The van der Waals surface area contributed by atoms with Crippen molar-refractivity contribution in [2.75, 3.05) is 0 Å². The number of hydrogen-bond acceptors (Lipinski definition) is 2. The highest BCUT2D eigenvalue weighted by molar-refractivity contribution is 5.80. The summed E-state index contributed by atoms with van der Waals surface area (Å²) < 4.78 is 34.3. The van der Waals surface area contributed by atoms with E-state index in [1.165, 1.54) is 12.2 Å². The van der Waals surface area contributed by atoms with Crippen molar-refractivity contribution < 1.29 is 18.3 Å². The van der Waals surface area contributed by atoms with E-state index in [0.29, 0.717) is 19.3 Å². The second kappa shape index (κ2) is 8.88. The van der Waals surface area contributed by atoms with Gasteiger partial charge in [-0.05, 0) is 30.4 Å². The molecule has 1 aromatic rings. The first-order valence-electron chi connectivity index (χ1n) is 8.42. The van der Waals surface area contributed by atoms with Crippen LogP contribution in [0.15, 0.2) is 54.6 Å². The Labute approximate surface area is 142 Å². The maximum absolute atomic E-state index is 14.4. The fourth-order valence-corrected chi connectivity index (χ4v) is 2.69. The molecule has 1 aliphatic carbocycles. The van der Waals surface area contributed by atoms with Crippen LogP contribution >= 0.6 is 0 Å². The van der Waals surface area contributed by atoms with Gasteiger partial charge in [0.25, 0.3) is 5.92 Å². The van der Waals surface area contributed by atoms with Gasteiger partial charge in [0.05, 0.1) is 6.61 Å². The van der Waals surface area contributed by atoms with Gasteiger partial charge < -0.3 is 4.74 Å². The Morgan fingerprint density at radius 1 is 1.33 bits per heavy atom. The van der Waals surface area contributed by atoms with E-state index >= 15 is 0 Å². The van der Waals surface area contributed by atoms with Crippen LogP contribution in [0, 0.1) is 5.92 Å². The Hall–Kier alpha value is -1.81. The molecule has 4 heteroatoms. The molecule has 0 N–H and O–H groups in total. The molecule has 2 atom stereocenters. The van der Waals surface area contributed by atoms with Gasteiger partial charge in [-0.15, -0.1) is 0 Å². The molecule has 0 amide bonds. The highest BCUT2D eigenvalue weighted by Crippen LogP contribution is 2.28. The zero-order chi connectivity index (χ0) is 17.4. The van der Waals surface area contributed by atoms with Crippen LogP contribution < -0.4 is 0 Å². The van der Waals surface area contributed by atoms with Gasteiger partial charge in [0.2, 0.25) is 0 Å². The highest BCUT2D eigenvalue weighted by atomic mass is 19.3. The van der Waals surface area contributed by atoms with Gasteiger partial charge in [-0.25, -0.2) is 0 Å². The molecule has 0 aliphatic heterocycles. The topological polar surface area (TPSA) is 26.3 Å². The number of hydrogen-bond donors (Lipinski definition) is 0. The van der Waals surface area contributed by atoms with E-state index in [-0.39, 0.29) is 18.3 Å². The molecule has 0 aromatic heterocycles. The normalized spacial score (nSPS) is 20.3. The minimum absolute atomic E-state index is 0.0475. The fraction of sp³-hybridized carbons (Fsp3) is 0.450. The SMILES string of the molecule is CC/C=C/C(F)(F)C(/C=C/C1CCC(=O)C1)OCc1ccccc1. The zero-order valence-electron chi connectivity index (χ0n) is 14.0. The summed E-state index contributed by atoms with van der Waals surface area (Å²) in [4.78, 5) is 11.3. The van der Waals surface area contributed by atoms with Gasteiger partial charge in [0.15, 0.2) is 0 Å². The van der Waals surface area contributed by atoms with Gasteiger partial charge in [-0.3, -0.25) is 4.79 Å². The quantitative estimate of drug-likeness (QED) is 0.618. The van der Waals surface area contributed by atoms with E-state index in [4.69, 9.17) is 4.74 Å². The molecule has 1 aliphatic rings. The van der Waals surface area contributed by atoms with Crippen LogP contribution in [-0.4, -0.2) is 17.8 Å². The maximum atomic E-state index is 14.4. The average Bonchev–Trinajstić information content (AvgIpc) is 2.99. The Kier molecular flexibility index (Phi) is 6.85. The van der Waals surface area contributed by atoms with Crippen LogP contribution in [0.1, 0.15) is 38.2 Å². The van der Waals surface area contributed by atoms with E-state index in [1.807, 2.05) is 37.3 Å². The van der Waals surface area contributed by atoms with Crippen molar-refractivity contribution in [3.63, 3.8) is 0 Å². The predicted octanol–water partition coefficient (Wildman–Crippen LogP) is 5.10. The molecule has 0 heterocycles. The molecule has 2 rings (SSSR count). The summed E-state index contributed by atoms with van der Waals surface area (Å²) >= 11 is 0. The number of Topliss-reactive ketones (excluding diaryl/α,β-unsaturated/α-hetero) is 1. The number of ether oxygens (including phenoxy) is 1. The van der Waals surface area contributed by atoms with Gasteiger partial charge in [0.1, 0.15) is 11.9 Å². The molecule has 2 nitrogen and oxygen atoms in total. The Balaban J connectivity index is 2.06. The van der Waals surface area contributed by atoms with Crippen LogP contribution in [0.3, 0.4) is 0 Å². The van der Waals surface area contributed by atoms with Crippen LogP contribution in [0.2, 0.25) is 0 Å². The largest absolute Gasteiger partial charge is 0.363 e. The highest BCUT2D eigenvalue weighted by Gasteiger charge is 2.36. The van der Waals surface area contributed by atoms with Crippen LogP contribution in [0.25, 0.3) is 0 Å². The van der Waals surface area contributed by atoms with Gasteiger partial charge >= 0.3 is 0 Å². The lowest BCUT2D eigenvalue weighted by Gasteiger charge is -2.22. The third kappa shape index (κ3) is 5.68. The average molecular weight is 334 g/mol. The summed E-state index contributed by atoms with van der Waals surface area (Å²) in [5.41, 5.74) is 0.849. The summed E-state index contributed by atoms with van der Waals surface area (Å²) in [6.07, 6.45) is 6.42. The van der Waals surface area contributed by atoms with Crippen molar-refractivity contribution in [3.05, 3.63) is 60.2 Å². The van der Waals surface area contributed by atoms with Crippen molar-refractivity contribution in [2.45, 2.75) is 51.2 Å². The second-order valence-corrected chi connectivity index (χ2v) is 6.13. The first kappa shape index (κ1) is 18.5. The molecule has 0 radical (unpaired) electrons. The number of allylic oxidation sites excluding steroid dienone is 2. The van der Waals surface area contributed by atoms with E-state index in [2.05, 4.69) is 0 Å². The third-order valence-corrected chi connectivity index (χ3v) is 4.07. The number of ketones is 1. The van der Waals surface area contributed by atoms with Crippen molar-refractivity contribution in [2.24, 2.45) is 5.92 Å². The number of halogens is 2. The van der Waals surface area contributed by atoms with Crippen molar-refractivity contribution >= 4 is 5.78 Å². The third-order valence-electron chi connectivity index (χ3n) is 4.07. The van der Waals surface area contributed by atoms with E-state index in [0.717, 1.165) is 18.1 Å². The maximum Gasteiger partial charge on any atom is 0.295 e. The summed E-state index contributed by atoms with van der Waals surface area (Å²) in [7, 11) is 0. The lowest BCUT2D eigenvalue weighted by molar-refractivity contribution is -0.117.